The molecule has 0 radical (unpaired) electrons. The molecule has 0 spiro atoms. The van der Waals surface area contributed by atoms with Gasteiger partial charge in [-0.25, -0.2) is 0 Å². The van der Waals surface area contributed by atoms with Crippen molar-refractivity contribution in [3.63, 3.8) is 0 Å². The molecule has 1 N–H and O–H groups in total. The van der Waals surface area contributed by atoms with Crippen LogP contribution in [0.2, 0.25) is 0 Å². The van der Waals surface area contributed by atoms with E-state index in [-0.39, 0.29) is 12.7 Å². The molecule has 0 bridgehead atoms. The van der Waals surface area contributed by atoms with E-state index in [0.717, 1.165) is 27.8 Å². The predicted octanol–water partition coefficient (Wildman–Crippen LogP) is 7.27. The highest BCUT2D eigenvalue weighted by molar-refractivity contribution is 5.30. The third-order valence-electron chi connectivity index (χ3n) is 8.08. The first kappa shape index (κ1) is 31.8. The Morgan fingerprint density at radius 1 is 0.500 bits per heavy atom. The largest absolute Gasteiger partial charge is 0.387 e. The molecule has 0 aliphatic carbocycles. The predicted molar refractivity (Wildman–Crippen MR) is 177 cm³/mol. The van der Waals surface area contributed by atoms with Gasteiger partial charge in [0.15, 0.2) is 6.29 Å². The van der Waals surface area contributed by atoms with Gasteiger partial charge >= 0.3 is 0 Å². The van der Waals surface area contributed by atoms with Crippen LogP contribution in [-0.2, 0) is 43.5 Å². The topological polar surface area (TPSA) is 66.4 Å². The van der Waals surface area contributed by atoms with Crippen molar-refractivity contribution in [2.24, 2.45) is 0 Å². The maximum absolute atomic E-state index is 11.9. The minimum atomic E-state index is -1.05. The van der Waals surface area contributed by atoms with E-state index >= 15 is 0 Å². The fraction of sp³-hybridized carbons (Fsp3) is 0.250. The zero-order chi connectivity index (χ0) is 31.4. The second kappa shape index (κ2) is 16.4. The van der Waals surface area contributed by atoms with Crippen LogP contribution in [0.1, 0.15) is 33.9 Å². The summed E-state index contributed by atoms with van der Waals surface area (Å²) < 4.78 is 32.5. The van der Waals surface area contributed by atoms with Crippen molar-refractivity contribution in [3.05, 3.63) is 179 Å². The van der Waals surface area contributed by atoms with E-state index in [2.05, 4.69) is 0 Å². The van der Waals surface area contributed by atoms with Gasteiger partial charge in [0, 0.05) is 0 Å². The van der Waals surface area contributed by atoms with Crippen molar-refractivity contribution in [1.29, 1.82) is 0 Å². The van der Waals surface area contributed by atoms with Crippen molar-refractivity contribution in [1.82, 2.24) is 0 Å². The third kappa shape index (κ3) is 8.56. The minimum absolute atomic E-state index is 0.109. The summed E-state index contributed by atoms with van der Waals surface area (Å²) in [4.78, 5) is 0. The number of aliphatic hydroxyl groups is 1. The standard InChI is InChI=1S/C40H40O6/c41-36-35(29-44-37(33-22-12-4-13-23-33)34-24-14-5-15-25-34)46-40(45-28-32-20-10-3-11-21-32)39(43-27-31-18-8-2-9-19-31)38(36)42-26-30-16-6-1-7-17-30/h1-25,35-41H,26-29H2/t35-,36-,38+,39-,40+/m1/s1. The zero-order valence-electron chi connectivity index (χ0n) is 25.7. The normalized spacial score (nSPS) is 21.3. The average molecular weight is 617 g/mol. The molecule has 1 saturated heterocycles. The van der Waals surface area contributed by atoms with Crippen molar-refractivity contribution in [3.8, 4) is 0 Å². The summed E-state index contributed by atoms with van der Waals surface area (Å²) in [6.45, 7) is 1.02. The summed E-state index contributed by atoms with van der Waals surface area (Å²) in [6.07, 6.45) is -4.43. The first-order chi connectivity index (χ1) is 22.7. The number of ether oxygens (including phenoxy) is 5. The Labute approximate surface area is 271 Å². The molecule has 236 valence electrons. The molecule has 0 amide bonds. The van der Waals surface area contributed by atoms with Gasteiger partial charge in [-0.3, -0.25) is 0 Å². The summed E-state index contributed by atoms with van der Waals surface area (Å²) in [7, 11) is 0. The van der Waals surface area contributed by atoms with Crippen LogP contribution in [0.25, 0.3) is 0 Å². The molecule has 6 nitrogen and oxygen atoms in total. The molecule has 6 rings (SSSR count). The molecule has 1 heterocycles. The first-order valence-corrected chi connectivity index (χ1v) is 15.8. The molecular weight excluding hydrogens is 576 g/mol. The van der Waals surface area contributed by atoms with Gasteiger partial charge in [0.25, 0.3) is 0 Å². The van der Waals surface area contributed by atoms with Crippen LogP contribution in [0.3, 0.4) is 0 Å². The Kier molecular flexibility index (Phi) is 11.4. The van der Waals surface area contributed by atoms with Crippen molar-refractivity contribution in [2.45, 2.75) is 56.6 Å². The molecule has 5 aromatic rings. The zero-order valence-corrected chi connectivity index (χ0v) is 25.7. The summed E-state index contributed by atoms with van der Waals surface area (Å²) in [5, 5.41) is 11.9. The Morgan fingerprint density at radius 3 is 1.35 bits per heavy atom. The second-order valence-corrected chi connectivity index (χ2v) is 11.4. The average Bonchev–Trinajstić information content (AvgIpc) is 3.12. The van der Waals surface area contributed by atoms with Crippen LogP contribution in [0, 0.1) is 0 Å². The van der Waals surface area contributed by atoms with E-state index in [0.29, 0.717) is 19.8 Å². The number of benzene rings is 5. The fourth-order valence-corrected chi connectivity index (χ4v) is 5.65. The Hall–Kier alpha value is -4.14. The maximum atomic E-state index is 11.9. The molecule has 5 aromatic carbocycles. The van der Waals surface area contributed by atoms with Crippen molar-refractivity contribution in [2.75, 3.05) is 6.61 Å². The molecule has 1 aliphatic heterocycles. The molecule has 0 aromatic heterocycles. The minimum Gasteiger partial charge on any atom is -0.387 e. The third-order valence-corrected chi connectivity index (χ3v) is 8.08. The van der Waals surface area contributed by atoms with Gasteiger partial charge in [0.2, 0.25) is 0 Å². The molecular formula is C40H40O6. The van der Waals surface area contributed by atoms with Crippen molar-refractivity contribution >= 4 is 0 Å². The summed E-state index contributed by atoms with van der Waals surface area (Å²) in [6, 6.07) is 49.9. The van der Waals surface area contributed by atoms with Gasteiger partial charge < -0.3 is 28.8 Å². The van der Waals surface area contributed by atoms with Gasteiger partial charge in [0.05, 0.1) is 26.4 Å². The molecule has 46 heavy (non-hydrogen) atoms. The van der Waals surface area contributed by atoms with E-state index in [4.69, 9.17) is 23.7 Å². The number of rotatable bonds is 14. The molecule has 1 fully saturated rings. The quantitative estimate of drug-likeness (QED) is 0.142. The Balaban J connectivity index is 1.26. The lowest BCUT2D eigenvalue weighted by Crippen LogP contribution is -2.61. The second-order valence-electron chi connectivity index (χ2n) is 11.4. The highest BCUT2D eigenvalue weighted by atomic mass is 16.7. The van der Waals surface area contributed by atoms with Crippen LogP contribution in [0.5, 0.6) is 0 Å². The molecule has 5 atom stereocenters. The van der Waals surface area contributed by atoms with Gasteiger partial charge in [-0.1, -0.05) is 152 Å². The lowest BCUT2D eigenvalue weighted by molar-refractivity contribution is -0.324. The van der Waals surface area contributed by atoms with Crippen LogP contribution >= 0.6 is 0 Å². The highest BCUT2D eigenvalue weighted by Gasteiger charge is 2.48. The van der Waals surface area contributed by atoms with Gasteiger partial charge in [0.1, 0.15) is 30.5 Å². The lowest BCUT2D eigenvalue weighted by atomic mass is 9.97. The summed E-state index contributed by atoms with van der Waals surface area (Å²) >= 11 is 0. The van der Waals surface area contributed by atoms with E-state index in [9.17, 15) is 5.11 Å². The van der Waals surface area contributed by atoms with Gasteiger partial charge in [-0.15, -0.1) is 0 Å². The van der Waals surface area contributed by atoms with E-state index in [1.165, 1.54) is 0 Å². The molecule has 1 aliphatic rings. The van der Waals surface area contributed by atoms with Crippen LogP contribution in [0.4, 0.5) is 0 Å². The highest BCUT2D eigenvalue weighted by Crippen LogP contribution is 2.32. The van der Waals surface area contributed by atoms with Gasteiger partial charge in [-0.2, -0.15) is 0 Å². The van der Waals surface area contributed by atoms with Gasteiger partial charge in [-0.05, 0) is 27.8 Å². The van der Waals surface area contributed by atoms with E-state index in [1.807, 2.05) is 152 Å². The van der Waals surface area contributed by atoms with Crippen molar-refractivity contribution < 1.29 is 28.8 Å². The summed E-state index contributed by atoms with van der Waals surface area (Å²) in [5.41, 5.74) is 5.01. The molecule has 0 saturated carbocycles. The SMILES string of the molecule is O[C@H]1[C@H](OCc2ccccc2)[C@@H](OCc2ccccc2)[C@@H](OCc2ccccc2)O[C@@H]1COC(c1ccccc1)c1ccccc1. The van der Waals surface area contributed by atoms with E-state index < -0.39 is 30.7 Å². The van der Waals surface area contributed by atoms with E-state index in [1.54, 1.807) is 0 Å². The molecule has 0 unspecified atom stereocenters. The van der Waals surface area contributed by atoms with Crippen LogP contribution in [0.15, 0.2) is 152 Å². The number of aliphatic hydroxyl groups excluding tert-OH is 1. The lowest BCUT2D eigenvalue weighted by Gasteiger charge is -2.44. The fourth-order valence-electron chi connectivity index (χ4n) is 5.65. The monoisotopic (exact) mass is 616 g/mol. The smallest absolute Gasteiger partial charge is 0.187 e. The first-order valence-electron chi connectivity index (χ1n) is 15.8. The van der Waals surface area contributed by atoms with Crippen LogP contribution < -0.4 is 0 Å². The maximum Gasteiger partial charge on any atom is 0.187 e. The number of hydrogen-bond acceptors (Lipinski definition) is 6. The van der Waals surface area contributed by atoms with Crippen LogP contribution in [-0.4, -0.2) is 42.4 Å². The molecule has 6 heteroatoms. The Morgan fingerprint density at radius 2 is 0.891 bits per heavy atom. The summed E-state index contributed by atoms with van der Waals surface area (Å²) in [5.74, 6) is 0. The Bertz CT molecular complexity index is 1510. The number of hydrogen-bond donors (Lipinski definition) is 1.